The third kappa shape index (κ3) is 3.07. The van der Waals surface area contributed by atoms with E-state index >= 15 is 0 Å². The van der Waals surface area contributed by atoms with E-state index in [9.17, 15) is 0 Å². The van der Waals surface area contributed by atoms with Crippen molar-refractivity contribution >= 4 is 23.1 Å². The highest BCUT2D eigenvalue weighted by Crippen LogP contribution is 2.25. The molecule has 0 aliphatic carbocycles. The second-order valence-corrected chi connectivity index (χ2v) is 5.60. The van der Waals surface area contributed by atoms with Crippen molar-refractivity contribution in [1.29, 1.82) is 0 Å². The molecule has 0 spiro atoms. The van der Waals surface area contributed by atoms with E-state index in [1.54, 1.807) is 23.1 Å². The first-order valence-corrected chi connectivity index (χ1v) is 6.88. The topological polar surface area (TPSA) is 33.1 Å². The van der Waals surface area contributed by atoms with Gasteiger partial charge in [0.15, 0.2) is 0 Å². The summed E-state index contributed by atoms with van der Waals surface area (Å²) in [5.41, 5.74) is 3.30. The van der Waals surface area contributed by atoms with E-state index in [-0.39, 0.29) is 6.61 Å². The molecule has 2 aromatic rings. The van der Waals surface area contributed by atoms with Gasteiger partial charge in [-0.1, -0.05) is 36.0 Å². The summed E-state index contributed by atoms with van der Waals surface area (Å²) in [6, 6.07) is 8.03. The van der Waals surface area contributed by atoms with E-state index in [2.05, 4.69) is 22.5 Å². The lowest BCUT2D eigenvalue weighted by Crippen LogP contribution is -1.85. The Bertz CT molecular complexity index is 450. The molecular formula is C12H13NOS2. The summed E-state index contributed by atoms with van der Waals surface area (Å²) in [7, 11) is 0. The van der Waals surface area contributed by atoms with Gasteiger partial charge in [0.05, 0.1) is 6.61 Å². The van der Waals surface area contributed by atoms with E-state index in [1.165, 1.54) is 5.56 Å². The number of benzene rings is 1. The van der Waals surface area contributed by atoms with E-state index in [1.807, 2.05) is 19.1 Å². The minimum absolute atomic E-state index is 0.110. The van der Waals surface area contributed by atoms with Crippen molar-refractivity contribution in [2.45, 2.75) is 23.6 Å². The van der Waals surface area contributed by atoms with Crippen molar-refractivity contribution in [1.82, 2.24) is 4.98 Å². The number of nitrogens with zero attached hydrogens (tertiary/aromatic N) is 1. The Morgan fingerprint density at radius 1 is 1.25 bits per heavy atom. The molecule has 0 unspecified atom stereocenters. The molecule has 16 heavy (non-hydrogen) atoms. The third-order valence-corrected chi connectivity index (χ3v) is 4.38. The average molecular weight is 251 g/mol. The van der Waals surface area contributed by atoms with Crippen molar-refractivity contribution in [3.63, 3.8) is 0 Å². The molecule has 1 aromatic carbocycles. The van der Waals surface area contributed by atoms with Gasteiger partial charge >= 0.3 is 0 Å². The van der Waals surface area contributed by atoms with Crippen molar-refractivity contribution in [2.75, 3.05) is 0 Å². The monoisotopic (exact) mass is 251 g/mol. The SMILES string of the molecule is Cc1csc(SCc2ccc(CO)cc2)n1. The van der Waals surface area contributed by atoms with Crippen LogP contribution in [0.2, 0.25) is 0 Å². The van der Waals surface area contributed by atoms with Gasteiger partial charge in [-0.25, -0.2) is 4.98 Å². The molecule has 84 valence electrons. The van der Waals surface area contributed by atoms with Crippen LogP contribution in [0.25, 0.3) is 0 Å². The van der Waals surface area contributed by atoms with E-state index in [0.717, 1.165) is 21.3 Å². The smallest absolute Gasteiger partial charge is 0.150 e. The minimum Gasteiger partial charge on any atom is -0.392 e. The Hall–Kier alpha value is -0.840. The molecule has 1 N–H and O–H groups in total. The maximum absolute atomic E-state index is 8.93. The molecule has 0 bridgehead atoms. The molecule has 0 amide bonds. The molecule has 2 rings (SSSR count). The number of aromatic nitrogens is 1. The fourth-order valence-corrected chi connectivity index (χ4v) is 3.09. The van der Waals surface area contributed by atoms with Gasteiger partial charge in [-0.2, -0.15) is 0 Å². The molecule has 0 atom stereocenters. The van der Waals surface area contributed by atoms with Gasteiger partial charge < -0.3 is 5.11 Å². The van der Waals surface area contributed by atoms with Crippen LogP contribution in [0.3, 0.4) is 0 Å². The fourth-order valence-electron chi connectivity index (χ4n) is 1.28. The van der Waals surface area contributed by atoms with Gasteiger partial charge in [0, 0.05) is 16.8 Å². The summed E-state index contributed by atoms with van der Waals surface area (Å²) in [6.45, 7) is 2.12. The largest absolute Gasteiger partial charge is 0.392 e. The van der Waals surface area contributed by atoms with Crippen molar-refractivity contribution in [2.24, 2.45) is 0 Å². The highest BCUT2D eigenvalue weighted by Gasteiger charge is 2.00. The average Bonchev–Trinajstić information content (AvgIpc) is 2.73. The zero-order valence-electron chi connectivity index (χ0n) is 9.01. The predicted molar refractivity (Wildman–Crippen MR) is 68.8 cm³/mol. The third-order valence-electron chi connectivity index (χ3n) is 2.17. The molecule has 0 fully saturated rings. The summed E-state index contributed by atoms with van der Waals surface area (Å²) >= 11 is 3.44. The maximum atomic E-state index is 8.93. The van der Waals surface area contributed by atoms with Crippen LogP contribution < -0.4 is 0 Å². The molecule has 0 saturated heterocycles. The zero-order valence-corrected chi connectivity index (χ0v) is 10.6. The molecule has 0 saturated carbocycles. The van der Waals surface area contributed by atoms with Crippen LogP contribution in [0.5, 0.6) is 0 Å². The minimum atomic E-state index is 0.110. The number of rotatable bonds is 4. The Balaban J connectivity index is 1.94. The maximum Gasteiger partial charge on any atom is 0.150 e. The first-order valence-electron chi connectivity index (χ1n) is 5.01. The number of aliphatic hydroxyl groups is 1. The van der Waals surface area contributed by atoms with Gasteiger partial charge in [0.1, 0.15) is 4.34 Å². The summed E-state index contributed by atoms with van der Waals surface area (Å²) in [4.78, 5) is 4.40. The second-order valence-electron chi connectivity index (χ2n) is 3.52. The molecule has 1 aromatic heterocycles. The molecule has 4 heteroatoms. The van der Waals surface area contributed by atoms with Gasteiger partial charge in [0.25, 0.3) is 0 Å². The summed E-state index contributed by atoms with van der Waals surface area (Å²) < 4.78 is 1.11. The first-order chi connectivity index (χ1) is 7.78. The quantitative estimate of drug-likeness (QED) is 0.847. The lowest BCUT2D eigenvalue weighted by Gasteiger charge is -2.00. The Morgan fingerprint density at radius 2 is 1.94 bits per heavy atom. The lowest BCUT2D eigenvalue weighted by atomic mass is 10.2. The van der Waals surface area contributed by atoms with Gasteiger partial charge in [-0.15, -0.1) is 11.3 Å². The number of hydrogen-bond acceptors (Lipinski definition) is 4. The highest BCUT2D eigenvalue weighted by molar-refractivity contribution is 8.00. The summed E-state index contributed by atoms with van der Waals surface area (Å²) in [5.74, 6) is 0.929. The molecule has 0 aliphatic rings. The number of aliphatic hydroxyl groups excluding tert-OH is 1. The number of thiazole rings is 1. The Labute approximate surface area is 103 Å². The van der Waals surface area contributed by atoms with Crippen LogP contribution in [0, 0.1) is 6.92 Å². The number of aryl methyl sites for hydroxylation is 1. The predicted octanol–water partition coefficient (Wildman–Crippen LogP) is 3.24. The normalized spacial score (nSPS) is 10.6. The number of thioether (sulfide) groups is 1. The molecule has 0 aliphatic heterocycles. The Kier molecular flexibility index (Phi) is 3.98. The van der Waals surface area contributed by atoms with Crippen molar-refractivity contribution < 1.29 is 5.11 Å². The zero-order chi connectivity index (χ0) is 11.4. The Morgan fingerprint density at radius 3 is 2.50 bits per heavy atom. The van der Waals surface area contributed by atoms with E-state index < -0.39 is 0 Å². The van der Waals surface area contributed by atoms with Gasteiger partial charge in [-0.3, -0.25) is 0 Å². The summed E-state index contributed by atoms with van der Waals surface area (Å²) in [5, 5.41) is 11.0. The summed E-state index contributed by atoms with van der Waals surface area (Å²) in [6.07, 6.45) is 0. The molecule has 2 nitrogen and oxygen atoms in total. The van der Waals surface area contributed by atoms with Crippen LogP contribution in [0.15, 0.2) is 34.0 Å². The fraction of sp³-hybridized carbons (Fsp3) is 0.250. The van der Waals surface area contributed by atoms with E-state index in [4.69, 9.17) is 5.11 Å². The number of hydrogen-bond donors (Lipinski definition) is 1. The van der Waals surface area contributed by atoms with Gasteiger partial charge in [0.2, 0.25) is 0 Å². The molecular weight excluding hydrogens is 238 g/mol. The molecule has 0 radical (unpaired) electrons. The van der Waals surface area contributed by atoms with Crippen LogP contribution in [0.1, 0.15) is 16.8 Å². The van der Waals surface area contributed by atoms with Crippen LogP contribution in [0.4, 0.5) is 0 Å². The standard InChI is InChI=1S/C12H13NOS2/c1-9-7-15-12(13-9)16-8-11-4-2-10(6-14)3-5-11/h2-5,7,14H,6,8H2,1H3. The van der Waals surface area contributed by atoms with Crippen molar-refractivity contribution in [3.05, 3.63) is 46.5 Å². The molecule has 1 heterocycles. The van der Waals surface area contributed by atoms with E-state index in [0.29, 0.717) is 0 Å². The van der Waals surface area contributed by atoms with Crippen LogP contribution in [-0.2, 0) is 12.4 Å². The van der Waals surface area contributed by atoms with Crippen molar-refractivity contribution in [3.8, 4) is 0 Å². The second kappa shape index (κ2) is 5.48. The van der Waals surface area contributed by atoms with Crippen LogP contribution in [-0.4, -0.2) is 10.1 Å². The van der Waals surface area contributed by atoms with Crippen LogP contribution >= 0.6 is 23.1 Å². The highest BCUT2D eigenvalue weighted by atomic mass is 32.2. The van der Waals surface area contributed by atoms with Gasteiger partial charge in [-0.05, 0) is 18.1 Å². The lowest BCUT2D eigenvalue weighted by molar-refractivity contribution is 0.282. The first kappa shape index (κ1) is 11.6.